The van der Waals surface area contributed by atoms with E-state index in [-0.39, 0.29) is 6.61 Å². The largest absolute Gasteiger partial charge is 0.396 e. The fraction of sp³-hybridized carbons (Fsp3) is 0.692. The molecule has 0 aliphatic carbocycles. The Morgan fingerprint density at radius 1 is 1.29 bits per heavy atom. The number of nitrogens with one attached hydrogen (secondary N) is 1. The molecule has 1 atom stereocenters. The highest BCUT2D eigenvalue weighted by molar-refractivity contribution is 5.33. The van der Waals surface area contributed by atoms with Crippen molar-refractivity contribution in [3.05, 3.63) is 17.6 Å². The van der Waals surface area contributed by atoms with Gasteiger partial charge in [-0.1, -0.05) is 13.3 Å². The van der Waals surface area contributed by atoms with Gasteiger partial charge in [0.05, 0.1) is 17.6 Å². The molecule has 1 aromatic rings. The Labute approximate surface area is 103 Å². The van der Waals surface area contributed by atoms with Crippen molar-refractivity contribution in [2.45, 2.75) is 40.0 Å². The second kappa shape index (κ2) is 7.22. The van der Waals surface area contributed by atoms with Gasteiger partial charge in [-0.15, -0.1) is 0 Å². The van der Waals surface area contributed by atoms with Crippen LogP contribution in [0.2, 0.25) is 0 Å². The number of aryl methyl sites for hydroxylation is 2. The minimum Gasteiger partial charge on any atom is -0.396 e. The number of hydrogen-bond acceptors (Lipinski definition) is 4. The topological polar surface area (TPSA) is 58.0 Å². The molecule has 96 valence electrons. The number of aromatic nitrogens is 2. The summed E-state index contributed by atoms with van der Waals surface area (Å²) >= 11 is 0. The maximum absolute atomic E-state index is 8.99. The summed E-state index contributed by atoms with van der Waals surface area (Å²) in [5.74, 6) is 1.33. The molecule has 0 spiro atoms. The number of hydrogen-bond donors (Lipinski definition) is 2. The molecule has 4 nitrogen and oxygen atoms in total. The summed E-state index contributed by atoms with van der Waals surface area (Å²) in [6, 6.07) is 0. The molecular weight excluding hydrogens is 214 g/mol. The van der Waals surface area contributed by atoms with Gasteiger partial charge < -0.3 is 10.4 Å². The molecule has 0 bridgehead atoms. The number of aliphatic hydroxyl groups is 1. The Morgan fingerprint density at radius 2 is 2.06 bits per heavy atom. The van der Waals surface area contributed by atoms with Crippen LogP contribution in [0.3, 0.4) is 0 Å². The molecule has 0 amide bonds. The third-order valence-electron chi connectivity index (χ3n) is 3.00. The van der Waals surface area contributed by atoms with E-state index in [1.54, 1.807) is 6.20 Å². The standard InChI is InChI=1S/C13H23N3O/c1-4-5-12(6-7-17)8-15-13-9-14-10(2)11(3)16-13/h9,12,17H,4-8H2,1-3H3,(H,15,16). The molecule has 0 aliphatic rings. The zero-order chi connectivity index (χ0) is 12.7. The van der Waals surface area contributed by atoms with Crippen LogP contribution in [0, 0.1) is 19.8 Å². The van der Waals surface area contributed by atoms with Crippen LogP contribution >= 0.6 is 0 Å². The fourth-order valence-corrected chi connectivity index (χ4v) is 1.82. The molecular formula is C13H23N3O. The minimum atomic E-state index is 0.255. The quantitative estimate of drug-likeness (QED) is 0.764. The van der Waals surface area contributed by atoms with E-state index in [1.165, 1.54) is 0 Å². The van der Waals surface area contributed by atoms with Crippen molar-refractivity contribution in [1.82, 2.24) is 9.97 Å². The summed E-state index contributed by atoms with van der Waals surface area (Å²) in [4.78, 5) is 8.70. The molecule has 0 saturated heterocycles. The molecule has 0 radical (unpaired) electrons. The van der Waals surface area contributed by atoms with Crippen LogP contribution in [0.1, 0.15) is 37.6 Å². The Hall–Kier alpha value is -1.16. The van der Waals surface area contributed by atoms with Gasteiger partial charge in [-0.3, -0.25) is 4.98 Å². The molecule has 0 aromatic carbocycles. The van der Waals surface area contributed by atoms with Gasteiger partial charge in [-0.2, -0.15) is 0 Å². The van der Waals surface area contributed by atoms with E-state index in [0.29, 0.717) is 5.92 Å². The smallest absolute Gasteiger partial charge is 0.144 e. The average molecular weight is 237 g/mol. The summed E-state index contributed by atoms with van der Waals surface area (Å²) in [7, 11) is 0. The molecule has 0 aliphatic heterocycles. The highest BCUT2D eigenvalue weighted by Gasteiger charge is 2.07. The SMILES string of the molecule is CCCC(CCO)CNc1cnc(C)c(C)n1. The number of nitrogens with zero attached hydrogens (tertiary/aromatic N) is 2. The van der Waals surface area contributed by atoms with Gasteiger partial charge in [-0.05, 0) is 32.6 Å². The lowest BCUT2D eigenvalue weighted by atomic mass is 10.0. The van der Waals surface area contributed by atoms with Crippen LogP contribution < -0.4 is 5.32 Å². The fourth-order valence-electron chi connectivity index (χ4n) is 1.82. The lowest BCUT2D eigenvalue weighted by Crippen LogP contribution is -2.16. The normalized spacial score (nSPS) is 12.5. The van der Waals surface area contributed by atoms with Crippen LogP contribution in [0.5, 0.6) is 0 Å². The van der Waals surface area contributed by atoms with E-state index in [0.717, 1.165) is 43.0 Å². The van der Waals surface area contributed by atoms with E-state index in [2.05, 4.69) is 22.2 Å². The molecule has 1 rings (SSSR count). The second-order valence-electron chi connectivity index (χ2n) is 4.47. The molecule has 1 aromatic heterocycles. The van der Waals surface area contributed by atoms with Crippen molar-refractivity contribution in [3.63, 3.8) is 0 Å². The molecule has 4 heteroatoms. The van der Waals surface area contributed by atoms with Crippen molar-refractivity contribution in [2.24, 2.45) is 5.92 Å². The van der Waals surface area contributed by atoms with Crippen LogP contribution in [0.15, 0.2) is 6.20 Å². The predicted octanol–water partition coefficient (Wildman–Crippen LogP) is 2.30. The third-order valence-corrected chi connectivity index (χ3v) is 3.00. The van der Waals surface area contributed by atoms with Crippen molar-refractivity contribution < 1.29 is 5.11 Å². The first-order valence-electron chi connectivity index (χ1n) is 6.32. The van der Waals surface area contributed by atoms with E-state index >= 15 is 0 Å². The second-order valence-corrected chi connectivity index (χ2v) is 4.47. The lowest BCUT2D eigenvalue weighted by Gasteiger charge is -2.16. The van der Waals surface area contributed by atoms with Crippen molar-refractivity contribution in [3.8, 4) is 0 Å². The average Bonchev–Trinajstić information content (AvgIpc) is 2.31. The number of anilines is 1. The first-order chi connectivity index (χ1) is 8.17. The molecule has 17 heavy (non-hydrogen) atoms. The Bertz CT molecular complexity index is 335. The summed E-state index contributed by atoms with van der Waals surface area (Å²) in [5.41, 5.74) is 1.93. The molecule has 0 fully saturated rings. The van der Waals surface area contributed by atoms with Gasteiger partial charge in [0.1, 0.15) is 5.82 Å². The Morgan fingerprint density at radius 3 is 2.65 bits per heavy atom. The zero-order valence-corrected chi connectivity index (χ0v) is 11.0. The van der Waals surface area contributed by atoms with Crippen molar-refractivity contribution in [2.75, 3.05) is 18.5 Å². The van der Waals surface area contributed by atoms with Crippen LogP contribution in [-0.2, 0) is 0 Å². The Kier molecular flexibility index (Phi) is 5.91. The number of aliphatic hydroxyl groups excluding tert-OH is 1. The van der Waals surface area contributed by atoms with E-state index < -0.39 is 0 Å². The monoisotopic (exact) mass is 237 g/mol. The van der Waals surface area contributed by atoms with Crippen LogP contribution in [-0.4, -0.2) is 28.2 Å². The summed E-state index contributed by atoms with van der Waals surface area (Å²) in [5, 5.41) is 12.3. The number of rotatable bonds is 7. The summed E-state index contributed by atoms with van der Waals surface area (Å²) < 4.78 is 0. The van der Waals surface area contributed by atoms with Crippen molar-refractivity contribution >= 4 is 5.82 Å². The first kappa shape index (κ1) is 13.9. The van der Waals surface area contributed by atoms with Crippen LogP contribution in [0.4, 0.5) is 5.82 Å². The maximum atomic E-state index is 8.99. The van der Waals surface area contributed by atoms with Crippen molar-refractivity contribution in [1.29, 1.82) is 0 Å². The maximum Gasteiger partial charge on any atom is 0.144 e. The van der Waals surface area contributed by atoms with E-state index in [1.807, 2.05) is 13.8 Å². The van der Waals surface area contributed by atoms with Gasteiger partial charge in [0.25, 0.3) is 0 Å². The Balaban J connectivity index is 2.49. The van der Waals surface area contributed by atoms with E-state index in [4.69, 9.17) is 5.11 Å². The summed E-state index contributed by atoms with van der Waals surface area (Å²) in [6.45, 7) is 7.19. The highest BCUT2D eigenvalue weighted by atomic mass is 16.3. The summed E-state index contributed by atoms with van der Waals surface area (Å²) in [6.07, 6.45) is 4.89. The van der Waals surface area contributed by atoms with E-state index in [9.17, 15) is 0 Å². The zero-order valence-electron chi connectivity index (χ0n) is 11.0. The molecule has 1 heterocycles. The van der Waals surface area contributed by atoms with Gasteiger partial charge in [0.15, 0.2) is 0 Å². The lowest BCUT2D eigenvalue weighted by molar-refractivity contribution is 0.255. The molecule has 1 unspecified atom stereocenters. The highest BCUT2D eigenvalue weighted by Crippen LogP contribution is 2.12. The van der Waals surface area contributed by atoms with Crippen LogP contribution in [0.25, 0.3) is 0 Å². The van der Waals surface area contributed by atoms with Gasteiger partial charge in [0, 0.05) is 13.2 Å². The third kappa shape index (κ3) is 4.69. The van der Waals surface area contributed by atoms with Gasteiger partial charge in [-0.25, -0.2) is 4.98 Å². The minimum absolute atomic E-state index is 0.255. The molecule has 0 saturated carbocycles. The molecule has 2 N–H and O–H groups in total. The first-order valence-corrected chi connectivity index (χ1v) is 6.32. The van der Waals surface area contributed by atoms with Gasteiger partial charge >= 0.3 is 0 Å². The predicted molar refractivity (Wildman–Crippen MR) is 70.1 cm³/mol. The van der Waals surface area contributed by atoms with Gasteiger partial charge in [0.2, 0.25) is 0 Å².